The van der Waals surface area contributed by atoms with E-state index >= 15 is 0 Å². The SMILES string of the molecule is Cc1cc(C)n(C[C@H]2CCCCN2C(=O)[C@H]2CCOC2)n1. The molecule has 2 fully saturated rings. The third-order valence-corrected chi connectivity index (χ3v) is 4.68. The van der Waals surface area contributed by atoms with Crippen molar-refractivity contribution in [1.29, 1.82) is 0 Å². The highest BCUT2D eigenvalue weighted by atomic mass is 16.5. The van der Waals surface area contributed by atoms with E-state index in [-0.39, 0.29) is 12.0 Å². The zero-order chi connectivity index (χ0) is 14.8. The van der Waals surface area contributed by atoms with E-state index in [4.69, 9.17) is 4.74 Å². The van der Waals surface area contributed by atoms with Crippen LogP contribution in [0.3, 0.4) is 0 Å². The molecule has 0 N–H and O–H groups in total. The van der Waals surface area contributed by atoms with Crippen LogP contribution in [0.2, 0.25) is 0 Å². The summed E-state index contributed by atoms with van der Waals surface area (Å²) >= 11 is 0. The molecular formula is C16H25N3O2. The first kappa shape index (κ1) is 14.6. The Morgan fingerprint density at radius 3 is 2.90 bits per heavy atom. The second kappa shape index (κ2) is 6.18. The average Bonchev–Trinajstić information content (AvgIpc) is 3.09. The molecule has 0 unspecified atom stereocenters. The van der Waals surface area contributed by atoms with Gasteiger partial charge in [0, 0.05) is 18.8 Å². The number of carbonyl (C=O) groups is 1. The van der Waals surface area contributed by atoms with Gasteiger partial charge in [0.25, 0.3) is 0 Å². The Kier molecular flexibility index (Phi) is 4.29. The molecule has 2 aliphatic heterocycles. The third kappa shape index (κ3) is 3.12. The lowest BCUT2D eigenvalue weighted by molar-refractivity contribution is -0.139. The summed E-state index contributed by atoms with van der Waals surface area (Å²) in [5.74, 6) is 0.366. The highest BCUT2D eigenvalue weighted by Gasteiger charge is 2.33. The van der Waals surface area contributed by atoms with E-state index in [1.54, 1.807) is 0 Å². The van der Waals surface area contributed by atoms with Crippen LogP contribution in [0.25, 0.3) is 0 Å². The summed E-state index contributed by atoms with van der Waals surface area (Å²) in [5, 5.41) is 4.55. The van der Waals surface area contributed by atoms with Gasteiger partial charge in [-0.2, -0.15) is 5.10 Å². The van der Waals surface area contributed by atoms with Gasteiger partial charge in [-0.3, -0.25) is 9.48 Å². The summed E-state index contributed by atoms with van der Waals surface area (Å²) in [4.78, 5) is 14.8. The van der Waals surface area contributed by atoms with Gasteiger partial charge in [-0.1, -0.05) is 0 Å². The fourth-order valence-electron chi connectivity index (χ4n) is 3.50. The largest absolute Gasteiger partial charge is 0.381 e. The normalized spacial score (nSPS) is 26.3. The number of aromatic nitrogens is 2. The van der Waals surface area contributed by atoms with Crippen molar-refractivity contribution < 1.29 is 9.53 Å². The number of nitrogens with zero attached hydrogens (tertiary/aromatic N) is 3. The topological polar surface area (TPSA) is 47.4 Å². The van der Waals surface area contributed by atoms with Gasteiger partial charge in [-0.05, 0) is 45.6 Å². The van der Waals surface area contributed by atoms with Crippen LogP contribution in [0.4, 0.5) is 0 Å². The molecule has 0 aliphatic carbocycles. The maximum absolute atomic E-state index is 12.7. The van der Waals surface area contributed by atoms with E-state index in [0.29, 0.717) is 12.5 Å². The molecule has 5 heteroatoms. The summed E-state index contributed by atoms with van der Waals surface area (Å²) in [5.41, 5.74) is 2.22. The number of piperidine rings is 1. The van der Waals surface area contributed by atoms with Crippen LogP contribution >= 0.6 is 0 Å². The van der Waals surface area contributed by atoms with E-state index in [1.165, 1.54) is 12.1 Å². The second-order valence-electron chi connectivity index (χ2n) is 6.35. The first-order valence-electron chi connectivity index (χ1n) is 8.04. The highest BCUT2D eigenvalue weighted by Crippen LogP contribution is 2.24. The van der Waals surface area contributed by atoms with Crippen molar-refractivity contribution >= 4 is 5.91 Å². The predicted octanol–water partition coefficient (Wildman–Crippen LogP) is 1.92. The summed E-state index contributed by atoms with van der Waals surface area (Å²) in [6.07, 6.45) is 4.28. The number of amides is 1. The highest BCUT2D eigenvalue weighted by molar-refractivity contribution is 5.79. The van der Waals surface area contributed by atoms with Gasteiger partial charge in [0.1, 0.15) is 0 Å². The number of likely N-dealkylation sites (tertiary alicyclic amines) is 1. The van der Waals surface area contributed by atoms with Gasteiger partial charge in [0.05, 0.1) is 30.8 Å². The average molecular weight is 291 g/mol. The van der Waals surface area contributed by atoms with Crippen LogP contribution < -0.4 is 0 Å². The Labute approximate surface area is 126 Å². The van der Waals surface area contributed by atoms with Gasteiger partial charge < -0.3 is 9.64 Å². The van der Waals surface area contributed by atoms with Crippen LogP contribution in [0.15, 0.2) is 6.07 Å². The molecule has 5 nitrogen and oxygen atoms in total. The van der Waals surface area contributed by atoms with E-state index < -0.39 is 0 Å². The minimum Gasteiger partial charge on any atom is -0.381 e. The molecule has 0 radical (unpaired) electrons. The molecular weight excluding hydrogens is 266 g/mol. The maximum Gasteiger partial charge on any atom is 0.228 e. The van der Waals surface area contributed by atoms with Crippen molar-refractivity contribution in [2.75, 3.05) is 19.8 Å². The molecule has 3 heterocycles. The van der Waals surface area contributed by atoms with E-state index in [0.717, 1.165) is 44.7 Å². The molecule has 21 heavy (non-hydrogen) atoms. The maximum atomic E-state index is 12.7. The van der Waals surface area contributed by atoms with Crippen LogP contribution in [0.5, 0.6) is 0 Å². The van der Waals surface area contributed by atoms with E-state index in [1.807, 2.05) is 6.92 Å². The zero-order valence-electron chi connectivity index (χ0n) is 13.0. The Morgan fingerprint density at radius 1 is 1.38 bits per heavy atom. The van der Waals surface area contributed by atoms with Gasteiger partial charge in [0.2, 0.25) is 5.91 Å². The van der Waals surface area contributed by atoms with Crippen LogP contribution in [-0.4, -0.2) is 46.4 Å². The van der Waals surface area contributed by atoms with Crippen molar-refractivity contribution in [3.8, 4) is 0 Å². The minimum absolute atomic E-state index is 0.0751. The molecule has 0 spiro atoms. The molecule has 2 aliphatic rings. The van der Waals surface area contributed by atoms with E-state index in [9.17, 15) is 4.79 Å². The van der Waals surface area contributed by atoms with E-state index in [2.05, 4.69) is 27.7 Å². The van der Waals surface area contributed by atoms with Gasteiger partial charge in [-0.25, -0.2) is 0 Å². The lowest BCUT2D eigenvalue weighted by Gasteiger charge is -2.37. The molecule has 1 amide bonds. The number of hydrogen-bond donors (Lipinski definition) is 0. The minimum atomic E-state index is 0.0751. The Hall–Kier alpha value is -1.36. The predicted molar refractivity (Wildman–Crippen MR) is 80.0 cm³/mol. The van der Waals surface area contributed by atoms with Gasteiger partial charge in [-0.15, -0.1) is 0 Å². The quantitative estimate of drug-likeness (QED) is 0.855. The molecule has 0 saturated carbocycles. The molecule has 116 valence electrons. The summed E-state index contributed by atoms with van der Waals surface area (Å²) in [7, 11) is 0. The molecule has 2 atom stereocenters. The Bertz CT molecular complexity index is 506. The number of aryl methyl sites for hydroxylation is 2. The second-order valence-corrected chi connectivity index (χ2v) is 6.35. The zero-order valence-corrected chi connectivity index (χ0v) is 13.0. The number of rotatable bonds is 3. The monoisotopic (exact) mass is 291 g/mol. The van der Waals surface area contributed by atoms with Gasteiger partial charge in [0.15, 0.2) is 0 Å². The molecule has 2 saturated heterocycles. The molecule has 0 bridgehead atoms. The van der Waals surface area contributed by atoms with Crippen molar-refractivity contribution in [1.82, 2.24) is 14.7 Å². The number of hydrogen-bond acceptors (Lipinski definition) is 3. The van der Waals surface area contributed by atoms with Crippen molar-refractivity contribution in [3.63, 3.8) is 0 Å². The fourth-order valence-corrected chi connectivity index (χ4v) is 3.50. The Morgan fingerprint density at radius 2 is 2.24 bits per heavy atom. The Balaban J connectivity index is 1.71. The summed E-state index contributed by atoms with van der Waals surface area (Å²) in [6, 6.07) is 2.38. The summed E-state index contributed by atoms with van der Waals surface area (Å²) < 4.78 is 7.43. The van der Waals surface area contributed by atoms with Crippen molar-refractivity contribution in [3.05, 3.63) is 17.5 Å². The smallest absolute Gasteiger partial charge is 0.228 e. The van der Waals surface area contributed by atoms with Gasteiger partial charge >= 0.3 is 0 Å². The molecule has 1 aromatic heterocycles. The number of ether oxygens (including phenoxy) is 1. The fraction of sp³-hybridized carbons (Fsp3) is 0.750. The molecule has 0 aromatic carbocycles. The number of carbonyl (C=O) groups excluding carboxylic acids is 1. The lowest BCUT2D eigenvalue weighted by atomic mass is 9.98. The van der Waals surface area contributed by atoms with Crippen LogP contribution in [0, 0.1) is 19.8 Å². The standard InChI is InChI=1S/C16H25N3O2/c1-12-9-13(2)19(17-12)10-15-5-3-4-7-18(15)16(20)14-6-8-21-11-14/h9,14-15H,3-8,10-11H2,1-2H3/t14-,15+/m0/s1. The first-order valence-corrected chi connectivity index (χ1v) is 8.04. The van der Waals surface area contributed by atoms with Crippen LogP contribution in [0.1, 0.15) is 37.1 Å². The van der Waals surface area contributed by atoms with Crippen molar-refractivity contribution in [2.24, 2.45) is 5.92 Å². The lowest BCUT2D eigenvalue weighted by Crippen LogP contribution is -2.48. The third-order valence-electron chi connectivity index (χ3n) is 4.68. The molecule has 1 aromatic rings. The summed E-state index contributed by atoms with van der Waals surface area (Å²) in [6.45, 7) is 7.13. The van der Waals surface area contributed by atoms with Crippen molar-refractivity contribution in [2.45, 2.75) is 52.1 Å². The first-order chi connectivity index (χ1) is 10.1. The molecule has 3 rings (SSSR count). The van der Waals surface area contributed by atoms with Crippen LogP contribution in [-0.2, 0) is 16.1 Å².